The number of hydrogen-bond acceptors (Lipinski definition) is 5. The third-order valence-corrected chi connectivity index (χ3v) is 4.65. The fraction of sp³-hybridized carbons (Fsp3) is 0.643. The Bertz CT molecular complexity index is 513. The van der Waals surface area contributed by atoms with Crippen molar-refractivity contribution in [3.63, 3.8) is 0 Å². The Hall–Kier alpha value is -1.11. The van der Waals surface area contributed by atoms with Gasteiger partial charge in [-0.15, -0.1) is 0 Å². The smallest absolute Gasteiger partial charge is 0.399 e. The molecule has 2 saturated heterocycles. The molecule has 3 N–H and O–H groups in total. The molecule has 0 bridgehead atoms. The van der Waals surface area contributed by atoms with Gasteiger partial charge in [-0.1, -0.05) is 0 Å². The molecule has 2 aliphatic rings. The van der Waals surface area contributed by atoms with Crippen LogP contribution in [0.25, 0.3) is 0 Å². The van der Waals surface area contributed by atoms with Gasteiger partial charge in [-0.3, -0.25) is 4.98 Å². The van der Waals surface area contributed by atoms with Crippen LogP contribution >= 0.6 is 0 Å². The summed E-state index contributed by atoms with van der Waals surface area (Å²) < 4.78 is 12.3. The Morgan fingerprint density at radius 2 is 1.85 bits per heavy atom. The summed E-state index contributed by atoms with van der Waals surface area (Å²) in [4.78, 5) is 4.52. The molecule has 0 spiro atoms. The maximum Gasteiger partial charge on any atom is 0.496 e. The molecule has 108 valence electrons. The molecule has 2 aliphatic heterocycles. The molecule has 6 heteroatoms. The van der Waals surface area contributed by atoms with Gasteiger partial charge >= 0.3 is 7.12 Å². The van der Waals surface area contributed by atoms with Gasteiger partial charge in [0, 0.05) is 35.9 Å². The second kappa shape index (κ2) is 4.45. The summed E-state index contributed by atoms with van der Waals surface area (Å²) in [6.45, 7) is 10.1. The number of pyridine rings is 1. The van der Waals surface area contributed by atoms with E-state index in [1.165, 1.54) is 0 Å². The van der Waals surface area contributed by atoms with E-state index in [0.29, 0.717) is 11.6 Å². The van der Waals surface area contributed by atoms with Gasteiger partial charge < -0.3 is 20.4 Å². The van der Waals surface area contributed by atoms with Crippen molar-refractivity contribution in [3.8, 4) is 0 Å². The van der Waals surface area contributed by atoms with Crippen LogP contribution in [0, 0.1) is 0 Å². The van der Waals surface area contributed by atoms with E-state index in [1.54, 1.807) is 6.20 Å². The quantitative estimate of drug-likeness (QED) is 0.776. The van der Waals surface area contributed by atoms with Crippen LogP contribution in [0.15, 0.2) is 12.3 Å². The number of rotatable bonds is 2. The van der Waals surface area contributed by atoms with Gasteiger partial charge in [0.05, 0.1) is 17.4 Å². The van der Waals surface area contributed by atoms with Crippen LogP contribution in [0.1, 0.15) is 39.3 Å². The molecule has 0 aliphatic carbocycles. The average Bonchev–Trinajstić information content (AvgIpc) is 2.48. The molecule has 1 aromatic heterocycles. The lowest BCUT2D eigenvalue weighted by Gasteiger charge is -2.32. The standard InChI is InChI=1S/C14H22BN3O2/c1-13(2)14(3,4)20-15(19-13)11-5-10(16)8-18-12(11)9-6-17-7-9/h5,8-9,17H,6-7,16H2,1-4H3. The Morgan fingerprint density at radius 3 is 2.35 bits per heavy atom. The molecule has 0 unspecified atom stereocenters. The van der Waals surface area contributed by atoms with Crippen molar-refractivity contribution >= 4 is 18.3 Å². The predicted molar refractivity (Wildman–Crippen MR) is 80.0 cm³/mol. The largest absolute Gasteiger partial charge is 0.496 e. The molecule has 5 nitrogen and oxygen atoms in total. The van der Waals surface area contributed by atoms with Gasteiger partial charge in [0.15, 0.2) is 0 Å². The SMILES string of the molecule is CC1(C)OB(c2cc(N)cnc2C2CNC2)OC1(C)C. The van der Waals surface area contributed by atoms with Gasteiger partial charge in [0.25, 0.3) is 0 Å². The highest BCUT2D eigenvalue weighted by molar-refractivity contribution is 6.62. The highest BCUT2D eigenvalue weighted by atomic mass is 16.7. The van der Waals surface area contributed by atoms with Crippen molar-refractivity contribution in [2.75, 3.05) is 18.8 Å². The van der Waals surface area contributed by atoms with E-state index in [2.05, 4.69) is 38.0 Å². The fourth-order valence-electron chi connectivity index (χ4n) is 2.49. The second-order valence-electron chi connectivity index (χ2n) is 6.69. The summed E-state index contributed by atoms with van der Waals surface area (Å²) in [6.07, 6.45) is 1.71. The molecule has 2 fully saturated rings. The van der Waals surface area contributed by atoms with Crippen molar-refractivity contribution in [2.24, 2.45) is 0 Å². The van der Waals surface area contributed by atoms with E-state index in [0.717, 1.165) is 24.2 Å². The lowest BCUT2D eigenvalue weighted by atomic mass is 9.74. The zero-order valence-electron chi connectivity index (χ0n) is 12.6. The van der Waals surface area contributed by atoms with E-state index in [4.69, 9.17) is 15.0 Å². The normalized spacial score (nSPS) is 24.7. The molecular weight excluding hydrogens is 253 g/mol. The number of nitrogens with zero attached hydrogens (tertiary/aromatic N) is 1. The second-order valence-corrected chi connectivity index (χ2v) is 6.69. The van der Waals surface area contributed by atoms with Crippen molar-refractivity contribution in [1.29, 1.82) is 0 Å². The molecule has 1 aromatic rings. The van der Waals surface area contributed by atoms with Crippen molar-refractivity contribution in [3.05, 3.63) is 18.0 Å². The molecule has 0 saturated carbocycles. The van der Waals surface area contributed by atoms with Crippen molar-refractivity contribution in [1.82, 2.24) is 10.3 Å². The van der Waals surface area contributed by atoms with Crippen LogP contribution in [-0.2, 0) is 9.31 Å². The van der Waals surface area contributed by atoms with E-state index < -0.39 is 7.12 Å². The minimum Gasteiger partial charge on any atom is -0.399 e. The van der Waals surface area contributed by atoms with Gasteiger partial charge in [-0.25, -0.2) is 0 Å². The van der Waals surface area contributed by atoms with Gasteiger partial charge in [-0.2, -0.15) is 0 Å². The maximum absolute atomic E-state index is 6.13. The minimum atomic E-state index is -0.397. The first-order chi connectivity index (χ1) is 9.30. The molecule has 0 amide bonds. The van der Waals surface area contributed by atoms with Gasteiger partial charge in [0.2, 0.25) is 0 Å². The fourth-order valence-corrected chi connectivity index (χ4v) is 2.49. The highest BCUT2D eigenvalue weighted by Gasteiger charge is 2.52. The van der Waals surface area contributed by atoms with E-state index in [9.17, 15) is 0 Å². The van der Waals surface area contributed by atoms with Crippen molar-refractivity contribution < 1.29 is 9.31 Å². The number of nitrogen functional groups attached to an aromatic ring is 1. The lowest BCUT2D eigenvalue weighted by molar-refractivity contribution is 0.00578. The first-order valence-corrected chi connectivity index (χ1v) is 7.12. The first-order valence-electron chi connectivity index (χ1n) is 7.12. The van der Waals surface area contributed by atoms with E-state index in [-0.39, 0.29) is 11.2 Å². The monoisotopic (exact) mass is 275 g/mol. The van der Waals surface area contributed by atoms with Crippen LogP contribution in [0.5, 0.6) is 0 Å². The highest BCUT2D eigenvalue weighted by Crippen LogP contribution is 2.37. The zero-order chi connectivity index (χ0) is 14.5. The Morgan fingerprint density at radius 1 is 1.25 bits per heavy atom. The van der Waals surface area contributed by atoms with Gasteiger partial charge in [0.1, 0.15) is 0 Å². The summed E-state index contributed by atoms with van der Waals surface area (Å²) in [7, 11) is -0.397. The van der Waals surface area contributed by atoms with E-state index >= 15 is 0 Å². The third kappa shape index (κ3) is 2.12. The topological polar surface area (TPSA) is 69.4 Å². The predicted octanol–water partition coefficient (Wildman–Crippen LogP) is 0.650. The van der Waals surface area contributed by atoms with Crippen LogP contribution in [0.2, 0.25) is 0 Å². The van der Waals surface area contributed by atoms with Crippen LogP contribution in [-0.4, -0.2) is 36.4 Å². The molecule has 0 atom stereocenters. The average molecular weight is 275 g/mol. The maximum atomic E-state index is 6.13. The molecule has 0 radical (unpaired) electrons. The summed E-state index contributed by atoms with van der Waals surface area (Å²) >= 11 is 0. The number of nitrogens with one attached hydrogen (secondary N) is 1. The molecule has 20 heavy (non-hydrogen) atoms. The Labute approximate surface area is 120 Å². The summed E-state index contributed by atoms with van der Waals surface area (Å²) in [5.74, 6) is 0.421. The number of nitrogens with two attached hydrogens (primary N) is 1. The zero-order valence-corrected chi connectivity index (χ0v) is 12.6. The summed E-state index contributed by atoms with van der Waals surface area (Å²) in [5, 5.41) is 3.27. The van der Waals surface area contributed by atoms with Crippen LogP contribution < -0.4 is 16.5 Å². The number of aromatic nitrogens is 1. The molecule has 3 rings (SSSR count). The third-order valence-electron chi connectivity index (χ3n) is 4.65. The minimum absolute atomic E-state index is 0.350. The molecule has 0 aromatic carbocycles. The lowest BCUT2D eigenvalue weighted by Crippen LogP contribution is -2.46. The first kappa shape index (κ1) is 13.9. The van der Waals surface area contributed by atoms with Crippen LogP contribution in [0.3, 0.4) is 0 Å². The van der Waals surface area contributed by atoms with Gasteiger partial charge in [-0.05, 0) is 33.8 Å². The summed E-state index contributed by atoms with van der Waals surface area (Å²) in [5.41, 5.74) is 7.85. The van der Waals surface area contributed by atoms with Crippen LogP contribution in [0.4, 0.5) is 5.69 Å². The van der Waals surface area contributed by atoms with E-state index in [1.807, 2.05) is 6.07 Å². The molecule has 3 heterocycles. The summed E-state index contributed by atoms with van der Waals surface area (Å²) in [6, 6.07) is 1.93. The number of anilines is 1. The van der Waals surface area contributed by atoms with Crippen molar-refractivity contribution in [2.45, 2.75) is 44.8 Å². The molecular formula is C14H22BN3O2. The Kier molecular flexibility index (Phi) is 3.08. The Balaban J connectivity index is 1.96. The number of hydrogen-bond donors (Lipinski definition) is 2.